The van der Waals surface area contributed by atoms with Gasteiger partial charge in [0.05, 0.1) is 11.2 Å². The zero-order valence-corrected chi connectivity index (χ0v) is 12.6. The molecule has 1 saturated heterocycles. The molecule has 1 atom stereocenters. The molecule has 4 nitrogen and oxygen atoms in total. The standard InChI is InChI=1S/C12H19N3OS.ClH/c1-4-12(6-5-7-13-12)10(16)15-11-14-8(2)9(3)17-11;/h13H,4-7H2,1-3H3,(H,14,15,16);1H. The van der Waals surface area contributed by atoms with Gasteiger partial charge >= 0.3 is 0 Å². The molecule has 1 fully saturated rings. The van der Waals surface area contributed by atoms with Gasteiger partial charge in [-0.05, 0) is 39.7 Å². The lowest BCUT2D eigenvalue weighted by Crippen LogP contribution is -2.50. The Balaban J connectivity index is 0.00000162. The van der Waals surface area contributed by atoms with Crippen molar-refractivity contribution in [3.8, 4) is 0 Å². The summed E-state index contributed by atoms with van der Waals surface area (Å²) in [7, 11) is 0. The van der Waals surface area contributed by atoms with Crippen molar-refractivity contribution in [1.82, 2.24) is 10.3 Å². The molecule has 1 aliphatic rings. The molecule has 1 amide bonds. The lowest BCUT2D eigenvalue weighted by atomic mass is 9.93. The van der Waals surface area contributed by atoms with E-state index >= 15 is 0 Å². The number of aromatic nitrogens is 1. The molecule has 2 rings (SSSR count). The summed E-state index contributed by atoms with van der Waals surface area (Å²) in [4.78, 5) is 17.8. The average Bonchev–Trinajstić information content (AvgIpc) is 2.88. The molecule has 0 spiro atoms. The first kappa shape index (κ1) is 15.4. The van der Waals surface area contributed by atoms with Gasteiger partial charge in [-0.3, -0.25) is 4.79 Å². The minimum Gasteiger partial charge on any atom is -0.303 e. The fraction of sp³-hybridized carbons (Fsp3) is 0.667. The van der Waals surface area contributed by atoms with Crippen molar-refractivity contribution in [3.63, 3.8) is 0 Å². The molecule has 6 heteroatoms. The zero-order chi connectivity index (χ0) is 12.5. The summed E-state index contributed by atoms with van der Waals surface area (Å²) in [5.41, 5.74) is 0.614. The van der Waals surface area contributed by atoms with Gasteiger partial charge in [0.15, 0.2) is 5.13 Å². The van der Waals surface area contributed by atoms with E-state index in [9.17, 15) is 4.79 Å². The fourth-order valence-corrected chi connectivity index (χ4v) is 3.01. The van der Waals surface area contributed by atoms with Crippen molar-refractivity contribution in [1.29, 1.82) is 0 Å². The van der Waals surface area contributed by atoms with Crippen LogP contribution in [-0.4, -0.2) is 23.0 Å². The van der Waals surface area contributed by atoms with Gasteiger partial charge in [-0.1, -0.05) is 6.92 Å². The summed E-state index contributed by atoms with van der Waals surface area (Å²) in [6, 6.07) is 0. The normalized spacial score (nSPS) is 22.6. The summed E-state index contributed by atoms with van der Waals surface area (Å²) in [6.45, 7) is 6.96. The van der Waals surface area contributed by atoms with Crippen molar-refractivity contribution in [2.24, 2.45) is 0 Å². The molecule has 0 aliphatic carbocycles. The summed E-state index contributed by atoms with van der Waals surface area (Å²) < 4.78 is 0. The monoisotopic (exact) mass is 289 g/mol. The Kier molecular flexibility index (Phi) is 5.13. The van der Waals surface area contributed by atoms with Crippen LogP contribution >= 0.6 is 23.7 Å². The second-order valence-corrected chi connectivity index (χ2v) is 5.78. The summed E-state index contributed by atoms with van der Waals surface area (Å²) in [5.74, 6) is 0.0613. The molecule has 0 aromatic carbocycles. The van der Waals surface area contributed by atoms with Gasteiger partial charge in [0.1, 0.15) is 0 Å². The molecule has 1 aliphatic heterocycles. The molecule has 18 heavy (non-hydrogen) atoms. The third-order valence-electron chi connectivity index (χ3n) is 3.53. The van der Waals surface area contributed by atoms with Gasteiger partial charge < -0.3 is 10.6 Å². The van der Waals surface area contributed by atoms with E-state index in [2.05, 4.69) is 22.5 Å². The summed E-state index contributed by atoms with van der Waals surface area (Å²) in [5, 5.41) is 6.98. The highest BCUT2D eigenvalue weighted by Crippen LogP contribution is 2.27. The predicted octanol–water partition coefficient (Wildman–Crippen LogP) is 2.65. The number of rotatable bonds is 3. The van der Waals surface area contributed by atoms with Gasteiger partial charge in [-0.2, -0.15) is 0 Å². The van der Waals surface area contributed by atoms with Crippen molar-refractivity contribution < 1.29 is 4.79 Å². The molecule has 1 aromatic rings. The van der Waals surface area contributed by atoms with Crippen molar-refractivity contribution >= 4 is 34.8 Å². The predicted molar refractivity (Wildman–Crippen MR) is 77.7 cm³/mol. The summed E-state index contributed by atoms with van der Waals surface area (Å²) >= 11 is 1.54. The molecule has 0 bridgehead atoms. The maximum Gasteiger partial charge on any atom is 0.246 e. The number of anilines is 1. The first-order valence-electron chi connectivity index (χ1n) is 6.08. The molecule has 1 unspecified atom stereocenters. The van der Waals surface area contributed by atoms with E-state index < -0.39 is 0 Å². The molecule has 2 N–H and O–H groups in total. The van der Waals surface area contributed by atoms with Gasteiger partial charge in [-0.25, -0.2) is 4.98 Å². The molecular weight excluding hydrogens is 270 g/mol. The lowest BCUT2D eigenvalue weighted by Gasteiger charge is -2.25. The van der Waals surface area contributed by atoms with E-state index in [0.29, 0.717) is 5.13 Å². The van der Waals surface area contributed by atoms with E-state index in [1.165, 1.54) is 11.3 Å². The van der Waals surface area contributed by atoms with Gasteiger partial charge in [-0.15, -0.1) is 23.7 Å². The smallest absolute Gasteiger partial charge is 0.246 e. The van der Waals surface area contributed by atoms with E-state index in [-0.39, 0.29) is 23.9 Å². The average molecular weight is 290 g/mol. The SMILES string of the molecule is CCC1(C(=O)Nc2nc(C)c(C)s2)CCCN1.Cl. The number of amides is 1. The van der Waals surface area contributed by atoms with Crippen molar-refractivity contribution in [3.05, 3.63) is 10.6 Å². The third kappa shape index (κ3) is 2.84. The maximum atomic E-state index is 12.3. The van der Waals surface area contributed by atoms with Crippen LogP contribution in [0.2, 0.25) is 0 Å². The highest BCUT2D eigenvalue weighted by molar-refractivity contribution is 7.15. The van der Waals surface area contributed by atoms with Crippen molar-refractivity contribution in [2.45, 2.75) is 45.6 Å². The van der Waals surface area contributed by atoms with Crippen molar-refractivity contribution in [2.75, 3.05) is 11.9 Å². The van der Waals surface area contributed by atoms with E-state index in [1.54, 1.807) is 0 Å². The maximum absolute atomic E-state index is 12.3. The molecule has 0 radical (unpaired) electrons. The number of halogens is 1. The van der Waals surface area contributed by atoms with Gasteiger partial charge in [0.2, 0.25) is 5.91 Å². The number of nitrogens with one attached hydrogen (secondary N) is 2. The highest BCUT2D eigenvalue weighted by Gasteiger charge is 2.39. The van der Waals surface area contributed by atoms with Gasteiger partial charge in [0.25, 0.3) is 0 Å². The number of nitrogens with zero attached hydrogens (tertiary/aromatic N) is 1. The molecule has 0 saturated carbocycles. The Labute approximate surface area is 118 Å². The van der Waals surface area contributed by atoms with Crippen LogP contribution in [0.4, 0.5) is 5.13 Å². The second-order valence-electron chi connectivity index (χ2n) is 4.58. The first-order valence-corrected chi connectivity index (χ1v) is 6.89. The van der Waals surface area contributed by atoms with Crippen LogP contribution in [0.5, 0.6) is 0 Å². The zero-order valence-electron chi connectivity index (χ0n) is 11.0. The number of thiazole rings is 1. The van der Waals surface area contributed by atoms with Crippen LogP contribution in [0.15, 0.2) is 0 Å². The van der Waals surface area contributed by atoms with Crippen LogP contribution < -0.4 is 10.6 Å². The van der Waals surface area contributed by atoms with Crippen LogP contribution in [0, 0.1) is 13.8 Å². The number of carbonyl (C=O) groups excluding carboxylic acids is 1. The van der Waals surface area contributed by atoms with Crippen LogP contribution in [0.3, 0.4) is 0 Å². The minimum atomic E-state index is -0.381. The van der Waals surface area contributed by atoms with E-state index in [0.717, 1.165) is 36.4 Å². The Morgan fingerprint density at radius 2 is 2.28 bits per heavy atom. The van der Waals surface area contributed by atoms with E-state index in [4.69, 9.17) is 0 Å². The number of carbonyl (C=O) groups is 1. The fourth-order valence-electron chi connectivity index (χ4n) is 2.21. The topological polar surface area (TPSA) is 54.0 Å². The highest BCUT2D eigenvalue weighted by atomic mass is 35.5. The Bertz CT molecular complexity index is 407. The minimum absolute atomic E-state index is 0. The number of hydrogen-bond acceptors (Lipinski definition) is 4. The lowest BCUT2D eigenvalue weighted by molar-refractivity contribution is -0.122. The molecule has 2 heterocycles. The van der Waals surface area contributed by atoms with Crippen LogP contribution in [0.25, 0.3) is 0 Å². The van der Waals surface area contributed by atoms with Crippen LogP contribution in [-0.2, 0) is 4.79 Å². The number of aryl methyl sites for hydroxylation is 2. The first-order chi connectivity index (χ1) is 8.07. The van der Waals surface area contributed by atoms with Gasteiger partial charge in [0, 0.05) is 4.88 Å². The largest absolute Gasteiger partial charge is 0.303 e. The molecular formula is C12H20ClN3OS. The quantitative estimate of drug-likeness (QED) is 0.899. The Morgan fingerprint density at radius 3 is 2.72 bits per heavy atom. The molecule has 102 valence electrons. The third-order valence-corrected chi connectivity index (χ3v) is 4.52. The number of hydrogen-bond donors (Lipinski definition) is 2. The van der Waals surface area contributed by atoms with Crippen LogP contribution in [0.1, 0.15) is 36.8 Å². The Hall–Kier alpha value is -0.650. The summed E-state index contributed by atoms with van der Waals surface area (Å²) in [6.07, 6.45) is 2.80. The van der Waals surface area contributed by atoms with E-state index in [1.807, 2.05) is 13.8 Å². The second kappa shape index (κ2) is 5.99. The Morgan fingerprint density at radius 1 is 1.56 bits per heavy atom. The molecule has 1 aromatic heterocycles.